The fourth-order valence-corrected chi connectivity index (χ4v) is 3.71. The Hall–Kier alpha value is -3.41. The van der Waals surface area contributed by atoms with Crippen LogP contribution in [0.25, 0.3) is 0 Å². The second kappa shape index (κ2) is 11.1. The van der Waals surface area contributed by atoms with Crippen LogP contribution in [0.15, 0.2) is 42.9 Å². The van der Waals surface area contributed by atoms with Gasteiger partial charge in [0.1, 0.15) is 17.3 Å². The highest BCUT2D eigenvalue weighted by Crippen LogP contribution is 2.30. The van der Waals surface area contributed by atoms with Crippen LogP contribution in [0.5, 0.6) is 5.75 Å². The zero-order chi connectivity index (χ0) is 23.9. The second-order valence-corrected chi connectivity index (χ2v) is 7.96. The zero-order valence-electron chi connectivity index (χ0n) is 18.6. The topological polar surface area (TPSA) is 127 Å². The van der Waals surface area contributed by atoms with Crippen LogP contribution in [0.2, 0.25) is 5.02 Å². The summed E-state index contributed by atoms with van der Waals surface area (Å²) in [7, 11) is 1.57. The van der Waals surface area contributed by atoms with Crippen molar-refractivity contribution in [2.75, 3.05) is 50.7 Å². The number of nitrogens with one attached hydrogen (secondary N) is 2. The standard InChI is InChI=1S/C22H26ClN7O4/c1-33-19-5-3-2-4-16(19)18(14-31)27-21-17(23)11-24-22(28-21)26-15-10-25-30(12-15)13-20(32)29-6-8-34-9-7-29/h2-5,10-12,18,31H,6-9,13-14H2,1H3,(H2,24,26,27,28). The van der Waals surface area contributed by atoms with Gasteiger partial charge in [-0.2, -0.15) is 10.1 Å². The number of aromatic nitrogens is 4. The molecule has 3 heterocycles. The van der Waals surface area contributed by atoms with E-state index in [0.29, 0.717) is 48.6 Å². The van der Waals surface area contributed by atoms with Crippen molar-refractivity contribution in [1.29, 1.82) is 0 Å². The van der Waals surface area contributed by atoms with Crippen LogP contribution in [0.1, 0.15) is 11.6 Å². The van der Waals surface area contributed by atoms with Gasteiger partial charge in [-0.05, 0) is 6.07 Å². The molecule has 1 atom stereocenters. The number of aliphatic hydroxyl groups is 1. The van der Waals surface area contributed by atoms with Crippen LogP contribution < -0.4 is 15.4 Å². The van der Waals surface area contributed by atoms with Crippen LogP contribution in [0.3, 0.4) is 0 Å². The molecule has 4 rings (SSSR count). The van der Waals surface area contributed by atoms with Crippen LogP contribution in [0, 0.1) is 0 Å². The summed E-state index contributed by atoms with van der Waals surface area (Å²) in [6, 6.07) is 6.89. The van der Waals surface area contributed by atoms with E-state index in [2.05, 4.69) is 25.7 Å². The van der Waals surface area contributed by atoms with E-state index in [-0.39, 0.29) is 25.0 Å². The summed E-state index contributed by atoms with van der Waals surface area (Å²) < 4.78 is 12.2. The molecule has 3 N–H and O–H groups in total. The van der Waals surface area contributed by atoms with Crippen LogP contribution >= 0.6 is 11.6 Å². The minimum atomic E-state index is -0.495. The van der Waals surface area contributed by atoms with Crippen LogP contribution in [-0.4, -0.2) is 75.7 Å². The van der Waals surface area contributed by atoms with Gasteiger partial charge in [-0.1, -0.05) is 29.8 Å². The maximum atomic E-state index is 12.4. The molecule has 180 valence electrons. The van der Waals surface area contributed by atoms with E-state index < -0.39 is 6.04 Å². The maximum Gasteiger partial charge on any atom is 0.244 e. The fraction of sp³-hybridized carbons (Fsp3) is 0.364. The van der Waals surface area contributed by atoms with Crippen molar-refractivity contribution in [2.24, 2.45) is 0 Å². The second-order valence-electron chi connectivity index (χ2n) is 7.56. The first-order valence-corrected chi connectivity index (χ1v) is 11.1. The summed E-state index contributed by atoms with van der Waals surface area (Å²) in [5.41, 5.74) is 1.38. The molecule has 0 saturated carbocycles. The zero-order valence-corrected chi connectivity index (χ0v) is 19.4. The first-order valence-electron chi connectivity index (χ1n) is 10.7. The van der Waals surface area contributed by atoms with Gasteiger partial charge < -0.3 is 30.1 Å². The van der Waals surface area contributed by atoms with Crippen molar-refractivity contribution >= 4 is 35.0 Å². The average molecular weight is 488 g/mol. The first-order chi connectivity index (χ1) is 16.6. The van der Waals surface area contributed by atoms with Crippen LogP contribution in [0.4, 0.5) is 17.5 Å². The number of hydrogen-bond donors (Lipinski definition) is 3. The molecular formula is C22H26ClN7O4. The van der Waals surface area contributed by atoms with Gasteiger partial charge in [0.05, 0.1) is 51.1 Å². The normalized spacial score (nSPS) is 14.5. The van der Waals surface area contributed by atoms with E-state index in [9.17, 15) is 9.90 Å². The number of methoxy groups -OCH3 is 1. The highest BCUT2D eigenvalue weighted by molar-refractivity contribution is 6.32. The Balaban J connectivity index is 1.43. The molecule has 1 aliphatic heterocycles. The number of ether oxygens (including phenoxy) is 2. The molecule has 1 saturated heterocycles. The van der Waals surface area contributed by atoms with Crippen LogP contribution in [-0.2, 0) is 16.1 Å². The van der Waals surface area contributed by atoms with Gasteiger partial charge in [0.25, 0.3) is 0 Å². The number of aliphatic hydroxyl groups excluding tert-OH is 1. The van der Waals surface area contributed by atoms with Crippen molar-refractivity contribution in [1.82, 2.24) is 24.6 Å². The number of rotatable bonds is 9. The predicted molar refractivity (Wildman–Crippen MR) is 126 cm³/mol. The lowest BCUT2D eigenvalue weighted by molar-refractivity contribution is -0.136. The Bertz CT molecular complexity index is 1120. The third-order valence-corrected chi connectivity index (χ3v) is 5.58. The molecule has 1 fully saturated rings. The summed E-state index contributed by atoms with van der Waals surface area (Å²) in [6.07, 6.45) is 4.75. The highest BCUT2D eigenvalue weighted by Gasteiger charge is 2.19. The molecule has 3 aromatic rings. The molecule has 12 heteroatoms. The van der Waals surface area contributed by atoms with Gasteiger partial charge in [0, 0.05) is 24.8 Å². The van der Waals surface area contributed by atoms with E-state index in [1.807, 2.05) is 24.3 Å². The SMILES string of the molecule is COc1ccccc1C(CO)Nc1nc(Nc2cnn(CC(=O)N3CCOCC3)c2)ncc1Cl. The largest absolute Gasteiger partial charge is 0.496 e. The molecule has 0 radical (unpaired) electrons. The van der Waals surface area contributed by atoms with E-state index in [0.717, 1.165) is 5.56 Å². The lowest BCUT2D eigenvalue weighted by Gasteiger charge is -2.26. The Morgan fingerprint density at radius 2 is 2.09 bits per heavy atom. The number of halogens is 1. The molecule has 0 aliphatic carbocycles. The summed E-state index contributed by atoms with van der Waals surface area (Å²) in [4.78, 5) is 22.8. The molecule has 2 aromatic heterocycles. The van der Waals surface area contributed by atoms with Gasteiger partial charge in [-0.3, -0.25) is 9.48 Å². The molecule has 0 spiro atoms. The quantitative estimate of drug-likeness (QED) is 0.415. The third-order valence-electron chi connectivity index (χ3n) is 5.30. The van der Waals surface area contributed by atoms with Gasteiger partial charge >= 0.3 is 0 Å². The molecule has 11 nitrogen and oxygen atoms in total. The van der Waals surface area contributed by atoms with Gasteiger partial charge in [0.15, 0.2) is 5.82 Å². The lowest BCUT2D eigenvalue weighted by atomic mass is 10.1. The Morgan fingerprint density at radius 3 is 2.85 bits per heavy atom. The van der Waals surface area contributed by atoms with E-state index >= 15 is 0 Å². The van der Waals surface area contributed by atoms with Gasteiger partial charge in [-0.25, -0.2) is 4.98 Å². The summed E-state index contributed by atoms with van der Waals surface area (Å²) in [6.45, 7) is 2.21. The fourth-order valence-electron chi connectivity index (χ4n) is 3.56. The maximum absolute atomic E-state index is 12.4. The van der Waals surface area contributed by atoms with Crippen molar-refractivity contribution in [2.45, 2.75) is 12.6 Å². The smallest absolute Gasteiger partial charge is 0.244 e. The number of amides is 1. The Kier molecular flexibility index (Phi) is 7.78. The number of carbonyl (C=O) groups excluding carboxylic acids is 1. The van der Waals surface area contributed by atoms with Crippen molar-refractivity contribution in [3.63, 3.8) is 0 Å². The van der Waals surface area contributed by atoms with E-state index in [1.54, 1.807) is 29.1 Å². The minimum Gasteiger partial charge on any atom is -0.496 e. The third kappa shape index (κ3) is 5.74. The molecule has 34 heavy (non-hydrogen) atoms. The molecule has 1 aliphatic rings. The summed E-state index contributed by atoms with van der Waals surface area (Å²) in [5.74, 6) is 1.25. The molecule has 1 aromatic carbocycles. The lowest BCUT2D eigenvalue weighted by Crippen LogP contribution is -2.42. The molecule has 0 bridgehead atoms. The first kappa shape index (κ1) is 23.7. The number of anilines is 3. The number of morpholine rings is 1. The van der Waals surface area contributed by atoms with E-state index in [4.69, 9.17) is 21.1 Å². The predicted octanol–water partition coefficient (Wildman–Crippen LogP) is 2.08. The molecule has 1 amide bonds. The van der Waals surface area contributed by atoms with Crippen molar-refractivity contribution in [3.8, 4) is 5.75 Å². The monoisotopic (exact) mass is 487 g/mol. The van der Waals surface area contributed by atoms with E-state index in [1.165, 1.54) is 6.20 Å². The highest BCUT2D eigenvalue weighted by atomic mass is 35.5. The summed E-state index contributed by atoms with van der Waals surface area (Å²) in [5, 5.41) is 20.7. The average Bonchev–Trinajstić information content (AvgIpc) is 3.31. The molecule has 1 unspecified atom stereocenters. The number of nitrogens with zero attached hydrogens (tertiary/aromatic N) is 5. The van der Waals surface area contributed by atoms with Crippen molar-refractivity contribution in [3.05, 3.63) is 53.4 Å². The summed E-state index contributed by atoms with van der Waals surface area (Å²) >= 11 is 6.30. The molecular weight excluding hydrogens is 462 g/mol. The number of carbonyl (C=O) groups is 1. The number of hydrogen-bond acceptors (Lipinski definition) is 9. The van der Waals surface area contributed by atoms with Gasteiger partial charge in [0.2, 0.25) is 11.9 Å². The Labute approximate surface area is 201 Å². The van der Waals surface area contributed by atoms with Crippen molar-refractivity contribution < 1.29 is 19.4 Å². The van der Waals surface area contributed by atoms with Gasteiger partial charge in [-0.15, -0.1) is 0 Å². The number of para-hydroxylation sites is 1. The Morgan fingerprint density at radius 1 is 1.29 bits per heavy atom. The minimum absolute atomic E-state index is 0.0152. The number of benzene rings is 1.